The largest absolute Gasteiger partial charge is 0.310 e. The highest BCUT2D eigenvalue weighted by Crippen LogP contribution is 2.19. The van der Waals surface area contributed by atoms with E-state index in [4.69, 9.17) is 0 Å². The average molecular weight is 817 g/mol. The average Bonchev–Trinajstić information content (AvgIpc) is 3.25. The first kappa shape index (κ1) is 55.4. The van der Waals surface area contributed by atoms with Gasteiger partial charge < -0.3 is 4.48 Å². The van der Waals surface area contributed by atoms with Crippen LogP contribution in [0.1, 0.15) is 277 Å². The van der Waals surface area contributed by atoms with E-state index in [2.05, 4.69) is 87.6 Å². The zero-order chi connectivity index (χ0) is 42.3. The first-order valence-electron chi connectivity index (χ1n) is 27.1. The minimum atomic E-state index is 1.10. The second-order valence-corrected chi connectivity index (χ2v) is 19.0. The second kappa shape index (κ2) is 45.9. The van der Waals surface area contributed by atoms with Gasteiger partial charge in [0.25, 0.3) is 0 Å². The Hall–Kier alpha value is -1.60. The number of unbranched alkanes of at least 4 members (excludes halogenated alkanes) is 36. The van der Waals surface area contributed by atoms with Crippen molar-refractivity contribution in [1.29, 1.82) is 0 Å². The van der Waals surface area contributed by atoms with Crippen LogP contribution in [-0.2, 0) is 6.54 Å². The number of quaternary nitrogens is 1. The molecular weight excluding hydrogens is 711 g/mol. The summed E-state index contributed by atoms with van der Waals surface area (Å²) in [5.41, 5.74) is 1.48. The highest BCUT2D eigenvalue weighted by atomic mass is 15.3. The van der Waals surface area contributed by atoms with Gasteiger partial charge in [0.05, 0.1) is 19.6 Å². The first-order valence-corrected chi connectivity index (χ1v) is 27.1. The van der Waals surface area contributed by atoms with Gasteiger partial charge in [-0.2, -0.15) is 0 Å². The summed E-state index contributed by atoms with van der Waals surface area (Å²) >= 11 is 0. The van der Waals surface area contributed by atoms with E-state index >= 15 is 0 Å². The highest BCUT2D eigenvalue weighted by molar-refractivity contribution is 5.13. The third-order valence-corrected chi connectivity index (χ3v) is 13.0. The van der Waals surface area contributed by atoms with Gasteiger partial charge in [-0.1, -0.05) is 281 Å². The Kier molecular flexibility index (Phi) is 43.1. The molecule has 59 heavy (non-hydrogen) atoms. The zero-order valence-corrected chi connectivity index (χ0v) is 40.7. The van der Waals surface area contributed by atoms with E-state index in [0.29, 0.717) is 0 Å². The Labute approximate surface area is 372 Å². The number of benzene rings is 1. The Morgan fingerprint density at radius 3 is 0.780 bits per heavy atom. The molecule has 1 rings (SSSR count). The fraction of sp³-hybridized carbons (Fsp3) is 0.793. The molecular formula is C58H106N+. The van der Waals surface area contributed by atoms with Crippen LogP contribution in [0.2, 0.25) is 0 Å². The van der Waals surface area contributed by atoms with E-state index in [9.17, 15) is 0 Å². The van der Waals surface area contributed by atoms with Crippen LogP contribution in [0.5, 0.6) is 0 Å². The van der Waals surface area contributed by atoms with E-state index in [1.165, 1.54) is 256 Å². The van der Waals surface area contributed by atoms with Crippen molar-refractivity contribution in [3.63, 3.8) is 0 Å². The van der Waals surface area contributed by atoms with Gasteiger partial charge in [0, 0.05) is 5.56 Å². The standard InChI is InChI=1S/C58H106N/c1-4-7-10-13-16-19-22-25-28-31-34-37-40-43-49-54-59(57-58-52-47-46-48-53-58,55-50-44-41-38-35-32-29-26-23-20-17-14-11-8-5-2)56-51-45-42-39-36-33-30-27-24-21-18-15-12-9-6-3/h43-53H,4-42,54-57H2,1-3H3/q+1/b49-43+,50-44+,51-45+. The molecule has 1 heteroatoms. The molecule has 1 nitrogen and oxygen atoms in total. The van der Waals surface area contributed by atoms with E-state index in [1.807, 2.05) is 0 Å². The zero-order valence-electron chi connectivity index (χ0n) is 40.7. The third-order valence-electron chi connectivity index (χ3n) is 13.0. The Balaban J connectivity index is 2.59. The lowest BCUT2D eigenvalue weighted by Crippen LogP contribution is -2.47. The molecule has 0 unspecified atom stereocenters. The molecule has 0 aliphatic rings. The maximum atomic E-state index is 2.56. The smallest absolute Gasteiger partial charge is 0.105 e. The van der Waals surface area contributed by atoms with Gasteiger partial charge in [-0.15, -0.1) is 0 Å². The molecule has 0 fully saturated rings. The predicted octanol–water partition coefficient (Wildman–Crippen LogP) is 19.9. The van der Waals surface area contributed by atoms with Gasteiger partial charge in [-0.3, -0.25) is 0 Å². The maximum absolute atomic E-state index is 2.56. The molecule has 0 atom stereocenters. The van der Waals surface area contributed by atoms with Crippen LogP contribution < -0.4 is 0 Å². The molecule has 0 spiro atoms. The Morgan fingerprint density at radius 2 is 0.525 bits per heavy atom. The quantitative estimate of drug-likeness (QED) is 0.0349. The number of allylic oxidation sites excluding steroid dienone is 3. The van der Waals surface area contributed by atoms with Gasteiger partial charge in [-0.25, -0.2) is 0 Å². The van der Waals surface area contributed by atoms with Crippen LogP contribution in [0.3, 0.4) is 0 Å². The highest BCUT2D eigenvalue weighted by Gasteiger charge is 2.24. The third kappa shape index (κ3) is 39.0. The molecule has 0 aliphatic heterocycles. The molecule has 0 amide bonds. The van der Waals surface area contributed by atoms with Crippen molar-refractivity contribution in [3.8, 4) is 0 Å². The van der Waals surface area contributed by atoms with Crippen LogP contribution in [0.15, 0.2) is 66.8 Å². The van der Waals surface area contributed by atoms with Crippen LogP contribution in [-0.4, -0.2) is 24.1 Å². The maximum Gasteiger partial charge on any atom is 0.105 e. The minimum Gasteiger partial charge on any atom is -0.310 e. The Morgan fingerprint density at radius 1 is 0.288 bits per heavy atom. The molecule has 0 bridgehead atoms. The number of hydrogen-bond donors (Lipinski definition) is 0. The van der Waals surface area contributed by atoms with Crippen molar-refractivity contribution in [3.05, 3.63) is 72.4 Å². The van der Waals surface area contributed by atoms with E-state index in [0.717, 1.165) is 30.7 Å². The molecule has 0 N–H and O–H groups in total. The van der Waals surface area contributed by atoms with E-state index in [1.54, 1.807) is 0 Å². The minimum absolute atomic E-state index is 1.10. The van der Waals surface area contributed by atoms with Crippen molar-refractivity contribution in [2.45, 2.75) is 278 Å². The molecule has 1 aromatic rings. The lowest BCUT2D eigenvalue weighted by Gasteiger charge is -2.36. The number of nitrogens with zero attached hydrogens (tertiary/aromatic N) is 1. The van der Waals surface area contributed by atoms with Crippen molar-refractivity contribution < 1.29 is 4.48 Å². The van der Waals surface area contributed by atoms with Crippen molar-refractivity contribution in [2.75, 3.05) is 19.6 Å². The SMILES string of the molecule is CCCCCCCCCCCCCC/C=C/C[N+](C/C=C/CCCCCCCCCCCCCC)(C/C=C/CCCCCCCCCCCCCC)Cc1ccccc1. The van der Waals surface area contributed by atoms with Crippen LogP contribution in [0.25, 0.3) is 0 Å². The summed E-state index contributed by atoms with van der Waals surface area (Å²) in [6.45, 7) is 11.4. The summed E-state index contributed by atoms with van der Waals surface area (Å²) in [4.78, 5) is 0. The van der Waals surface area contributed by atoms with Crippen molar-refractivity contribution in [1.82, 2.24) is 0 Å². The summed E-state index contributed by atoms with van der Waals surface area (Å²) in [6, 6.07) is 11.4. The molecule has 0 aliphatic carbocycles. The first-order chi connectivity index (χ1) is 29.3. The Bertz CT molecular complexity index is 921. The normalized spacial score (nSPS) is 12.3. The molecule has 1 aromatic carbocycles. The van der Waals surface area contributed by atoms with Gasteiger partial charge in [-0.05, 0) is 56.8 Å². The summed E-state index contributed by atoms with van der Waals surface area (Å²) < 4.78 is 1.10. The molecule has 342 valence electrons. The summed E-state index contributed by atoms with van der Waals surface area (Å²) in [5, 5.41) is 0. The van der Waals surface area contributed by atoms with Gasteiger partial charge >= 0.3 is 0 Å². The second-order valence-electron chi connectivity index (χ2n) is 19.0. The van der Waals surface area contributed by atoms with E-state index < -0.39 is 0 Å². The van der Waals surface area contributed by atoms with Crippen LogP contribution in [0, 0.1) is 0 Å². The topological polar surface area (TPSA) is 0 Å². The van der Waals surface area contributed by atoms with Crippen LogP contribution >= 0.6 is 0 Å². The number of rotatable bonds is 47. The fourth-order valence-corrected chi connectivity index (χ4v) is 8.95. The van der Waals surface area contributed by atoms with Crippen LogP contribution in [0.4, 0.5) is 0 Å². The summed E-state index contributed by atoms with van der Waals surface area (Å²) in [6.07, 6.45) is 70.3. The molecule has 0 saturated carbocycles. The molecule has 0 radical (unpaired) electrons. The molecule has 0 heterocycles. The van der Waals surface area contributed by atoms with Crippen molar-refractivity contribution in [2.24, 2.45) is 0 Å². The fourth-order valence-electron chi connectivity index (χ4n) is 8.95. The molecule has 0 aromatic heterocycles. The van der Waals surface area contributed by atoms with E-state index in [-0.39, 0.29) is 0 Å². The summed E-state index contributed by atoms with van der Waals surface area (Å²) in [5.74, 6) is 0. The molecule has 0 saturated heterocycles. The summed E-state index contributed by atoms with van der Waals surface area (Å²) in [7, 11) is 0. The predicted molar refractivity (Wildman–Crippen MR) is 270 cm³/mol. The van der Waals surface area contributed by atoms with Gasteiger partial charge in [0.1, 0.15) is 6.54 Å². The van der Waals surface area contributed by atoms with Gasteiger partial charge in [0.2, 0.25) is 0 Å². The lowest BCUT2D eigenvalue weighted by molar-refractivity contribution is -0.925. The van der Waals surface area contributed by atoms with Gasteiger partial charge in [0.15, 0.2) is 0 Å². The number of hydrogen-bond acceptors (Lipinski definition) is 0. The lowest BCUT2D eigenvalue weighted by atomic mass is 10.0. The monoisotopic (exact) mass is 817 g/mol. The van der Waals surface area contributed by atoms with Crippen molar-refractivity contribution >= 4 is 0 Å².